The normalized spacial score (nSPS) is 15.1. The van der Waals surface area contributed by atoms with Crippen molar-refractivity contribution in [2.45, 2.75) is 38.3 Å². The predicted octanol–water partition coefficient (Wildman–Crippen LogP) is 2.26. The molecule has 0 aliphatic heterocycles. The minimum absolute atomic E-state index is 0.0832. The molecule has 1 heterocycles. The highest BCUT2D eigenvalue weighted by Gasteiger charge is 2.28. The number of benzene rings is 1. The van der Waals surface area contributed by atoms with E-state index < -0.39 is 12.0 Å². The van der Waals surface area contributed by atoms with Gasteiger partial charge in [0.2, 0.25) is 0 Å². The number of para-hydroxylation sites is 1. The van der Waals surface area contributed by atoms with Crippen molar-refractivity contribution in [3.63, 3.8) is 0 Å². The van der Waals surface area contributed by atoms with E-state index in [4.69, 9.17) is 9.26 Å². The van der Waals surface area contributed by atoms with Gasteiger partial charge >= 0.3 is 0 Å². The topological polar surface area (TPSA) is 75.8 Å². The van der Waals surface area contributed by atoms with Crippen LogP contribution in [0, 0.1) is 6.92 Å². The maximum atomic E-state index is 12.2. The number of ether oxygens (including phenoxy) is 1. The number of nitrogens with zero attached hydrogens (tertiary/aromatic N) is 2. The predicted molar refractivity (Wildman–Crippen MR) is 87.6 cm³/mol. The number of hydrogen-bond donors (Lipinski definition) is 1. The fraction of sp³-hybridized carbons (Fsp3) is 0.444. The van der Waals surface area contributed by atoms with E-state index >= 15 is 0 Å². The number of aliphatic hydroxyl groups excluding tert-OH is 1. The minimum Gasteiger partial charge on any atom is -0.490 e. The maximum Gasteiger partial charge on any atom is 0.255 e. The summed E-state index contributed by atoms with van der Waals surface area (Å²) in [5.41, 5.74) is 1.65. The number of carbonyl (C=O) groups excluding carboxylic acids is 1. The number of carbonyl (C=O) groups is 1. The smallest absolute Gasteiger partial charge is 0.255 e. The Labute approximate surface area is 141 Å². The molecule has 1 aliphatic rings. The van der Waals surface area contributed by atoms with Crippen LogP contribution >= 0.6 is 0 Å². The first kappa shape index (κ1) is 16.5. The van der Waals surface area contributed by atoms with Crippen molar-refractivity contribution in [1.29, 1.82) is 0 Å². The highest BCUT2D eigenvalue weighted by Crippen LogP contribution is 2.40. The van der Waals surface area contributed by atoms with Gasteiger partial charge in [-0.15, -0.1) is 0 Å². The Balaban J connectivity index is 1.51. The average Bonchev–Trinajstić information content (AvgIpc) is 3.33. The standard InChI is InChI=1S/C18H22N2O4/c1-12-5-3-4-6-16(12)23-11-15(21)18(22)20(2)10-14-9-17(24-19-14)13-7-8-13/h3-6,9,13,15,21H,7-8,10-11H2,1-2H3. The molecule has 1 aliphatic carbocycles. The fourth-order valence-electron chi connectivity index (χ4n) is 2.50. The van der Waals surface area contributed by atoms with E-state index in [-0.39, 0.29) is 6.61 Å². The molecule has 0 saturated heterocycles. The van der Waals surface area contributed by atoms with Gasteiger partial charge in [0.15, 0.2) is 6.10 Å². The van der Waals surface area contributed by atoms with Crippen LogP contribution < -0.4 is 4.74 Å². The van der Waals surface area contributed by atoms with Crippen LogP contribution in [0.15, 0.2) is 34.9 Å². The summed E-state index contributed by atoms with van der Waals surface area (Å²) in [6.45, 7) is 2.13. The summed E-state index contributed by atoms with van der Waals surface area (Å²) < 4.78 is 10.8. The second-order valence-electron chi connectivity index (χ2n) is 6.28. The SMILES string of the molecule is Cc1ccccc1OCC(O)C(=O)N(C)Cc1cc(C2CC2)on1. The summed E-state index contributed by atoms with van der Waals surface area (Å²) >= 11 is 0. The van der Waals surface area contributed by atoms with E-state index in [1.54, 1.807) is 7.05 Å². The molecule has 1 N–H and O–H groups in total. The van der Waals surface area contributed by atoms with Gasteiger partial charge in [0, 0.05) is 19.0 Å². The van der Waals surface area contributed by atoms with Crippen LogP contribution in [0.5, 0.6) is 5.75 Å². The summed E-state index contributed by atoms with van der Waals surface area (Å²) in [6, 6.07) is 9.37. The van der Waals surface area contributed by atoms with Gasteiger partial charge < -0.3 is 19.3 Å². The number of rotatable bonds is 7. The Morgan fingerprint density at radius 3 is 2.92 bits per heavy atom. The molecule has 128 valence electrons. The molecule has 1 aromatic carbocycles. The molecule has 0 spiro atoms. The van der Waals surface area contributed by atoms with Gasteiger partial charge in [-0.3, -0.25) is 4.79 Å². The van der Waals surface area contributed by atoms with Crippen molar-refractivity contribution >= 4 is 5.91 Å². The maximum absolute atomic E-state index is 12.2. The number of likely N-dealkylation sites (N-methyl/N-ethyl adjacent to an activating group) is 1. The molecule has 1 amide bonds. The Hall–Kier alpha value is -2.34. The molecule has 0 bridgehead atoms. The van der Waals surface area contributed by atoms with Gasteiger partial charge in [-0.25, -0.2) is 0 Å². The fourth-order valence-corrected chi connectivity index (χ4v) is 2.50. The zero-order chi connectivity index (χ0) is 17.1. The summed E-state index contributed by atoms with van der Waals surface area (Å²) in [5, 5.41) is 14.0. The molecular weight excluding hydrogens is 308 g/mol. The third-order valence-corrected chi connectivity index (χ3v) is 4.11. The highest BCUT2D eigenvalue weighted by molar-refractivity contribution is 5.80. The average molecular weight is 330 g/mol. The Bertz CT molecular complexity index is 709. The van der Waals surface area contributed by atoms with Crippen molar-refractivity contribution in [2.75, 3.05) is 13.7 Å². The molecule has 6 heteroatoms. The lowest BCUT2D eigenvalue weighted by Crippen LogP contribution is -2.39. The summed E-state index contributed by atoms with van der Waals surface area (Å²) in [7, 11) is 1.63. The van der Waals surface area contributed by atoms with Crippen molar-refractivity contribution in [2.24, 2.45) is 0 Å². The molecule has 1 saturated carbocycles. The second-order valence-corrected chi connectivity index (χ2v) is 6.28. The lowest BCUT2D eigenvalue weighted by Gasteiger charge is -2.20. The van der Waals surface area contributed by atoms with E-state index in [0.29, 0.717) is 23.9 Å². The van der Waals surface area contributed by atoms with E-state index in [0.717, 1.165) is 24.2 Å². The van der Waals surface area contributed by atoms with Crippen LogP contribution in [-0.4, -0.2) is 40.8 Å². The molecule has 24 heavy (non-hydrogen) atoms. The summed E-state index contributed by atoms with van der Waals surface area (Å²) in [4.78, 5) is 13.7. The Morgan fingerprint density at radius 1 is 1.46 bits per heavy atom. The summed E-state index contributed by atoms with van der Waals surface area (Å²) in [5.74, 6) is 1.63. The van der Waals surface area contributed by atoms with E-state index in [2.05, 4.69) is 5.16 Å². The highest BCUT2D eigenvalue weighted by atomic mass is 16.5. The number of amides is 1. The lowest BCUT2D eigenvalue weighted by molar-refractivity contribution is -0.140. The zero-order valence-corrected chi connectivity index (χ0v) is 13.9. The number of aromatic nitrogens is 1. The molecule has 0 radical (unpaired) electrons. The van der Waals surface area contributed by atoms with Gasteiger partial charge in [-0.05, 0) is 31.4 Å². The molecule has 6 nitrogen and oxygen atoms in total. The Kier molecular flexibility index (Phi) is 4.85. The molecule has 3 rings (SSSR count). The van der Waals surface area contributed by atoms with Crippen molar-refractivity contribution in [3.8, 4) is 5.75 Å². The molecular formula is C18H22N2O4. The monoisotopic (exact) mass is 330 g/mol. The number of hydrogen-bond acceptors (Lipinski definition) is 5. The quantitative estimate of drug-likeness (QED) is 0.843. The van der Waals surface area contributed by atoms with Crippen molar-refractivity contribution in [1.82, 2.24) is 10.1 Å². The minimum atomic E-state index is -1.22. The van der Waals surface area contributed by atoms with E-state index in [1.807, 2.05) is 37.3 Å². The van der Waals surface area contributed by atoms with E-state index in [9.17, 15) is 9.90 Å². The first-order valence-corrected chi connectivity index (χ1v) is 8.11. The molecule has 1 aromatic heterocycles. The Morgan fingerprint density at radius 2 is 2.21 bits per heavy atom. The van der Waals surface area contributed by atoms with Gasteiger partial charge in [0.05, 0.1) is 6.54 Å². The van der Waals surface area contributed by atoms with Crippen LogP contribution in [0.1, 0.15) is 35.8 Å². The zero-order valence-electron chi connectivity index (χ0n) is 13.9. The number of aliphatic hydroxyl groups is 1. The molecule has 1 unspecified atom stereocenters. The van der Waals surface area contributed by atoms with Crippen LogP contribution in [0.4, 0.5) is 0 Å². The third-order valence-electron chi connectivity index (χ3n) is 4.11. The van der Waals surface area contributed by atoms with Crippen LogP contribution in [0.25, 0.3) is 0 Å². The molecule has 1 atom stereocenters. The lowest BCUT2D eigenvalue weighted by atomic mass is 10.2. The first-order valence-electron chi connectivity index (χ1n) is 8.11. The van der Waals surface area contributed by atoms with Gasteiger partial charge in [0.25, 0.3) is 5.91 Å². The van der Waals surface area contributed by atoms with E-state index in [1.165, 1.54) is 4.90 Å². The molecule has 1 fully saturated rings. The van der Waals surface area contributed by atoms with Gasteiger partial charge in [-0.1, -0.05) is 23.4 Å². The van der Waals surface area contributed by atoms with Gasteiger partial charge in [0.1, 0.15) is 23.8 Å². The number of aryl methyl sites for hydroxylation is 1. The van der Waals surface area contributed by atoms with Crippen LogP contribution in [0.3, 0.4) is 0 Å². The van der Waals surface area contributed by atoms with Crippen molar-refractivity contribution < 1.29 is 19.2 Å². The molecule has 2 aromatic rings. The third kappa shape index (κ3) is 3.94. The second kappa shape index (κ2) is 7.05. The summed E-state index contributed by atoms with van der Waals surface area (Å²) in [6.07, 6.45) is 1.06. The van der Waals surface area contributed by atoms with Crippen LogP contribution in [0.2, 0.25) is 0 Å². The van der Waals surface area contributed by atoms with Gasteiger partial charge in [-0.2, -0.15) is 0 Å². The largest absolute Gasteiger partial charge is 0.490 e. The van der Waals surface area contributed by atoms with Crippen molar-refractivity contribution in [3.05, 3.63) is 47.3 Å². The van der Waals surface area contributed by atoms with Crippen LogP contribution in [-0.2, 0) is 11.3 Å². The first-order chi connectivity index (χ1) is 11.5.